The van der Waals surface area contributed by atoms with E-state index in [4.69, 9.17) is 0 Å². The topological polar surface area (TPSA) is 43.1 Å². The number of aryl methyl sites for hydroxylation is 2. The molecule has 2 rings (SSSR count). The van der Waals surface area contributed by atoms with E-state index in [1.807, 2.05) is 44.2 Å². The van der Waals surface area contributed by atoms with Gasteiger partial charge in [-0.25, -0.2) is 4.68 Å². The summed E-state index contributed by atoms with van der Waals surface area (Å²) in [6.45, 7) is 3.75. The Balaban J connectivity index is 2.26. The Bertz CT molecular complexity index is 451. The third-order valence-electron chi connectivity index (χ3n) is 2.07. The van der Waals surface area contributed by atoms with Crippen LogP contribution >= 0.6 is 0 Å². The van der Waals surface area contributed by atoms with Crippen molar-refractivity contribution in [1.82, 2.24) is 14.9 Å². The second kappa shape index (κ2) is 4.04. The quantitative estimate of drug-likeness (QED) is 0.693. The van der Waals surface area contributed by atoms with Crippen LogP contribution in [0, 0.1) is 13.8 Å². The minimum atomic E-state index is 0.791. The number of hydrogen-bond acceptors (Lipinski definition) is 3. The van der Waals surface area contributed by atoms with E-state index in [2.05, 4.69) is 15.3 Å². The molecule has 4 heteroatoms. The van der Waals surface area contributed by atoms with E-state index < -0.39 is 0 Å². The molecule has 0 saturated carbocycles. The van der Waals surface area contributed by atoms with Gasteiger partial charge in [0.2, 0.25) is 0 Å². The molecule has 15 heavy (non-hydrogen) atoms. The van der Waals surface area contributed by atoms with Gasteiger partial charge in [0.25, 0.3) is 0 Å². The molecule has 0 fully saturated rings. The van der Waals surface area contributed by atoms with Crippen molar-refractivity contribution in [2.45, 2.75) is 13.8 Å². The number of benzene rings is 1. The molecule has 0 aliphatic rings. The summed E-state index contributed by atoms with van der Waals surface area (Å²) < 4.78 is 1.72. The Hall–Kier alpha value is -1.97. The first-order chi connectivity index (χ1) is 7.27. The van der Waals surface area contributed by atoms with Gasteiger partial charge in [0.05, 0.1) is 6.21 Å². The van der Waals surface area contributed by atoms with Crippen molar-refractivity contribution in [2.75, 3.05) is 0 Å². The van der Waals surface area contributed by atoms with Gasteiger partial charge in [-0.15, -0.1) is 10.2 Å². The average Bonchev–Trinajstić information content (AvgIpc) is 2.58. The van der Waals surface area contributed by atoms with E-state index in [-0.39, 0.29) is 0 Å². The Labute approximate surface area is 88.3 Å². The van der Waals surface area contributed by atoms with Crippen molar-refractivity contribution < 1.29 is 0 Å². The lowest BCUT2D eigenvalue weighted by molar-refractivity contribution is 0.799. The van der Waals surface area contributed by atoms with Crippen LogP contribution in [-0.4, -0.2) is 21.1 Å². The van der Waals surface area contributed by atoms with E-state index in [9.17, 15) is 0 Å². The third kappa shape index (κ3) is 2.10. The lowest BCUT2D eigenvalue weighted by Crippen LogP contribution is -1.96. The summed E-state index contributed by atoms with van der Waals surface area (Å²) in [5.41, 5.74) is 1.06. The second-order valence-corrected chi connectivity index (χ2v) is 3.26. The fourth-order valence-corrected chi connectivity index (χ4v) is 1.29. The van der Waals surface area contributed by atoms with Gasteiger partial charge in [0.1, 0.15) is 0 Å². The molecule has 0 N–H and O–H groups in total. The zero-order valence-electron chi connectivity index (χ0n) is 8.75. The van der Waals surface area contributed by atoms with Crippen molar-refractivity contribution in [3.05, 3.63) is 47.5 Å². The van der Waals surface area contributed by atoms with Crippen LogP contribution in [0.1, 0.15) is 17.2 Å². The summed E-state index contributed by atoms with van der Waals surface area (Å²) in [6, 6.07) is 9.93. The molecule has 1 heterocycles. The summed E-state index contributed by atoms with van der Waals surface area (Å²) in [5, 5.41) is 12.2. The molecule has 1 aromatic heterocycles. The van der Waals surface area contributed by atoms with E-state index >= 15 is 0 Å². The Morgan fingerprint density at radius 1 is 1.07 bits per heavy atom. The second-order valence-electron chi connectivity index (χ2n) is 3.26. The molecule has 0 spiro atoms. The van der Waals surface area contributed by atoms with Crippen molar-refractivity contribution in [3.8, 4) is 0 Å². The van der Waals surface area contributed by atoms with Gasteiger partial charge in [-0.3, -0.25) is 0 Å². The SMILES string of the molecule is Cc1nnc(C)n1/N=C\c1ccccc1. The Morgan fingerprint density at radius 2 is 1.67 bits per heavy atom. The molecule has 4 nitrogen and oxygen atoms in total. The molecule has 0 bridgehead atoms. The number of hydrogen-bond donors (Lipinski definition) is 0. The summed E-state index contributed by atoms with van der Waals surface area (Å²) in [6.07, 6.45) is 1.80. The van der Waals surface area contributed by atoms with Crippen LogP contribution in [0.25, 0.3) is 0 Å². The minimum Gasteiger partial charge on any atom is -0.202 e. The van der Waals surface area contributed by atoms with Crippen molar-refractivity contribution in [1.29, 1.82) is 0 Å². The first kappa shape index (κ1) is 9.58. The van der Waals surface area contributed by atoms with Gasteiger partial charge in [0, 0.05) is 0 Å². The predicted octanol–water partition coefficient (Wildman–Crippen LogP) is 1.78. The van der Waals surface area contributed by atoms with Crippen LogP contribution in [0.3, 0.4) is 0 Å². The van der Waals surface area contributed by atoms with Crippen LogP contribution in [0.2, 0.25) is 0 Å². The van der Waals surface area contributed by atoms with Gasteiger partial charge in [0.15, 0.2) is 11.6 Å². The Morgan fingerprint density at radius 3 is 2.27 bits per heavy atom. The van der Waals surface area contributed by atoms with E-state index in [1.54, 1.807) is 10.9 Å². The van der Waals surface area contributed by atoms with E-state index in [1.165, 1.54) is 0 Å². The summed E-state index contributed by atoms with van der Waals surface area (Å²) in [5.74, 6) is 1.58. The minimum absolute atomic E-state index is 0.791. The molecule has 0 saturated heterocycles. The molecule has 0 amide bonds. The molecule has 0 aliphatic heterocycles. The van der Waals surface area contributed by atoms with Gasteiger partial charge < -0.3 is 0 Å². The highest BCUT2D eigenvalue weighted by atomic mass is 15.4. The van der Waals surface area contributed by atoms with Crippen LogP contribution in [0.4, 0.5) is 0 Å². The predicted molar refractivity (Wildman–Crippen MR) is 58.9 cm³/mol. The molecule has 0 radical (unpaired) electrons. The molecule has 1 aromatic carbocycles. The molecular formula is C11H12N4. The Kier molecular flexibility index (Phi) is 2.58. The van der Waals surface area contributed by atoms with E-state index in [0.29, 0.717) is 0 Å². The van der Waals surface area contributed by atoms with Crippen molar-refractivity contribution in [3.63, 3.8) is 0 Å². The molecular weight excluding hydrogens is 188 g/mol. The van der Waals surface area contributed by atoms with Gasteiger partial charge >= 0.3 is 0 Å². The average molecular weight is 200 g/mol. The van der Waals surface area contributed by atoms with Crippen LogP contribution in [-0.2, 0) is 0 Å². The lowest BCUT2D eigenvalue weighted by atomic mass is 10.2. The first-order valence-corrected chi connectivity index (χ1v) is 4.75. The molecule has 2 aromatic rings. The van der Waals surface area contributed by atoms with Gasteiger partial charge in [-0.05, 0) is 19.4 Å². The van der Waals surface area contributed by atoms with E-state index in [0.717, 1.165) is 17.2 Å². The van der Waals surface area contributed by atoms with Crippen LogP contribution < -0.4 is 0 Å². The molecule has 0 atom stereocenters. The number of rotatable bonds is 2. The maximum Gasteiger partial charge on any atom is 0.151 e. The summed E-state index contributed by atoms with van der Waals surface area (Å²) >= 11 is 0. The van der Waals surface area contributed by atoms with Crippen molar-refractivity contribution in [2.24, 2.45) is 5.10 Å². The van der Waals surface area contributed by atoms with Crippen LogP contribution in [0.15, 0.2) is 35.4 Å². The zero-order valence-corrected chi connectivity index (χ0v) is 8.75. The van der Waals surface area contributed by atoms with Crippen molar-refractivity contribution >= 4 is 6.21 Å². The fourth-order valence-electron chi connectivity index (χ4n) is 1.29. The smallest absolute Gasteiger partial charge is 0.151 e. The highest BCUT2D eigenvalue weighted by molar-refractivity contribution is 5.79. The lowest BCUT2D eigenvalue weighted by Gasteiger charge is -1.96. The monoisotopic (exact) mass is 200 g/mol. The molecule has 0 unspecified atom stereocenters. The molecule has 76 valence electrons. The first-order valence-electron chi connectivity index (χ1n) is 4.75. The van der Waals surface area contributed by atoms with Crippen LogP contribution in [0.5, 0.6) is 0 Å². The van der Waals surface area contributed by atoms with Gasteiger partial charge in [-0.2, -0.15) is 5.10 Å². The fraction of sp³-hybridized carbons (Fsp3) is 0.182. The summed E-state index contributed by atoms with van der Waals surface area (Å²) in [4.78, 5) is 0. The zero-order chi connectivity index (χ0) is 10.7. The number of aromatic nitrogens is 3. The highest BCUT2D eigenvalue weighted by Gasteiger charge is 2.00. The third-order valence-corrected chi connectivity index (χ3v) is 2.07. The maximum atomic E-state index is 4.30. The largest absolute Gasteiger partial charge is 0.202 e. The number of nitrogens with zero attached hydrogens (tertiary/aromatic N) is 4. The van der Waals surface area contributed by atoms with Gasteiger partial charge in [-0.1, -0.05) is 30.3 Å². The normalized spacial score (nSPS) is 11.1. The molecule has 0 aliphatic carbocycles. The standard InChI is InChI=1S/C11H12N4/c1-9-13-14-10(2)15(9)12-8-11-6-4-3-5-7-11/h3-8H,1-2H3/b12-8-. The maximum absolute atomic E-state index is 4.30. The summed E-state index contributed by atoms with van der Waals surface area (Å²) in [7, 11) is 0. The highest BCUT2D eigenvalue weighted by Crippen LogP contribution is 2.00.